The summed E-state index contributed by atoms with van der Waals surface area (Å²) in [5.74, 6) is 0.776. The fraction of sp³-hybridized carbons (Fsp3) is 0.172. The molecule has 0 aromatic heterocycles. The Kier molecular flexibility index (Phi) is 6.69. The molecule has 0 saturated carbocycles. The molecule has 5 rings (SSSR count). The van der Waals surface area contributed by atoms with Crippen LogP contribution in [-0.4, -0.2) is 19.8 Å². The minimum absolute atomic E-state index is 0.0980. The average molecular weight is 502 g/mol. The van der Waals surface area contributed by atoms with Crippen molar-refractivity contribution >= 4 is 21.8 Å². The smallest absolute Gasteiger partial charge is 0.128 e. The van der Waals surface area contributed by atoms with Crippen LogP contribution in [0, 0.1) is 13.8 Å². The van der Waals surface area contributed by atoms with Gasteiger partial charge in [0.25, 0.3) is 0 Å². The Bertz CT molecular complexity index is 1380. The third-order valence-corrected chi connectivity index (χ3v) is 9.29. The van der Waals surface area contributed by atoms with Crippen LogP contribution in [-0.2, 0) is 21.8 Å². The average Bonchev–Trinajstić information content (AvgIpc) is 3.64. The zero-order valence-electron chi connectivity index (χ0n) is 19.9. The van der Waals surface area contributed by atoms with Gasteiger partial charge in [-0.05, 0) is 67.4 Å². The number of hydrogen-bond donors (Lipinski definition) is 0. The number of ether oxygens (including phenoxy) is 1. The Morgan fingerprint density at radius 1 is 0.686 bits per heavy atom. The van der Waals surface area contributed by atoms with E-state index in [-0.39, 0.29) is 12.1 Å². The summed E-state index contributed by atoms with van der Waals surface area (Å²) in [6.07, 6.45) is 0. The van der Waals surface area contributed by atoms with Crippen LogP contribution in [0.2, 0.25) is 0 Å². The number of rotatable bonds is 7. The molecule has 1 aliphatic rings. The van der Waals surface area contributed by atoms with E-state index in [1.807, 2.05) is 115 Å². The first-order valence-electron chi connectivity index (χ1n) is 11.5. The van der Waals surface area contributed by atoms with Crippen molar-refractivity contribution in [2.75, 3.05) is 7.11 Å². The lowest BCUT2D eigenvalue weighted by Crippen LogP contribution is -2.06. The van der Waals surface area contributed by atoms with E-state index < -0.39 is 21.8 Å². The summed E-state index contributed by atoms with van der Waals surface area (Å²) < 4.78 is 34.7. The maximum atomic E-state index is 13.7. The van der Waals surface area contributed by atoms with Gasteiger partial charge < -0.3 is 4.74 Å². The van der Waals surface area contributed by atoms with Crippen LogP contribution in [0.4, 0.5) is 0 Å². The molecule has 4 nitrogen and oxygen atoms in total. The Morgan fingerprint density at radius 2 is 1.26 bits per heavy atom. The summed E-state index contributed by atoms with van der Waals surface area (Å²) >= 11 is 0. The second-order valence-corrected chi connectivity index (χ2v) is 11.5. The van der Waals surface area contributed by atoms with Gasteiger partial charge in [-0.2, -0.15) is 0 Å². The molecule has 1 aliphatic heterocycles. The van der Waals surface area contributed by atoms with Crippen molar-refractivity contribution in [2.45, 2.75) is 40.6 Å². The van der Waals surface area contributed by atoms with E-state index in [1.165, 1.54) is 0 Å². The Morgan fingerprint density at radius 3 is 1.86 bits per heavy atom. The molecule has 0 radical (unpaired) electrons. The zero-order chi connectivity index (χ0) is 24.5. The molecule has 4 aromatic carbocycles. The number of hydrogen-bond acceptors (Lipinski definition) is 3. The number of aryl methyl sites for hydroxylation is 2. The fourth-order valence-corrected chi connectivity index (χ4v) is 6.99. The quantitative estimate of drug-likeness (QED) is 0.279. The van der Waals surface area contributed by atoms with E-state index in [1.54, 1.807) is 7.11 Å². The van der Waals surface area contributed by atoms with E-state index in [0.717, 1.165) is 42.7 Å². The molecule has 0 spiro atoms. The van der Waals surface area contributed by atoms with Crippen LogP contribution in [0.1, 0.15) is 34.3 Å². The Labute approximate surface area is 211 Å². The lowest BCUT2D eigenvalue weighted by atomic mass is 10.0. The standard InChI is InChI=1S/C29H27NO3S2/c1-20-8-16-24(17-9-20)34(31)27-7-5-4-6-26(27)29-28(22-12-14-23(33-3)15-13-22)30(29)35(32)25-18-10-21(2)11-19-25/h4-19,28-29H,1-3H3/t28-,29-,30?,34?,35?/m1/s1. The molecule has 1 saturated heterocycles. The maximum absolute atomic E-state index is 13.7. The first-order chi connectivity index (χ1) is 17.0. The monoisotopic (exact) mass is 501 g/mol. The van der Waals surface area contributed by atoms with Gasteiger partial charge in [0.1, 0.15) is 16.7 Å². The summed E-state index contributed by atoms with van der Waals surface area (Å²) in [6.45, 7) is 4.03. The third-order valence-electron chi connectivity index (χ3n) is 6.30. The van der Waals surface area contributed by atoms with Gasteiger partial charge in [0.05, 0.1) is 34.9 Å². The molecule has 4 aromatic rings. The molecule has 35 heavy (non-hydrogen) atoms. The van der Waals surface area contributed by atoms with Gasteiger partial charge in [0, 0.05) is 9.79 Å². The van der Waals surface area contributed by atoms with Gasteiger partial charge in [-0.1, -0.05) is 65.7 Å². The van der Waals surface area contributed by atoms with Gasteiger partial charge in [-0.3, -0.25) is 0 Å². The highest BCUT2D eigenvalue weighted by molar-refractivity contribution is 7.85. The van der Waals surface area contributed by atoms with E-state index in [4.69, 9.17) is 4.74 Å². The summed E-state index contributed by atoms with van der Waals surface area (Å²) in [6, 6.07) is 31.0. The van der Waals surface area contributed by atoms with E-state index >= 15 is 0 Å². The highest BCUT2D eigenvalue weighted by atomic mass is 32.2. The SMILES string of the molecule is COc1ccc([C@@H]2[C@@H](c3ccccc3S(=O)c3ccc(C)cc3)N2S(=O)c2ccc(C)cc2)cc1. The van der Waals surface area contributed by atoms with Gasteiger partial charge in [-0.15, -0.1) is 0 Å². The van der Waals surface area contributed by atoms with E-state index in [2.05, 4.69) is 0 Å². The normalized spacial score (nSPS) is 20.7. The highest BCUT2D eigenvalue weighted by Gasteiger charge is 2.54. The molecule has 0 amide bonds. The molecular formula is C29H27NO3S2. The molecule has 0 aliphatic carbocycles. The van der Waals surface area contributed by atoms with Crippen molar-refractivity contribution < 1.29 is 13.2 Å². The Balaban J connectivity index is 1.55. The van der Waals surface area contributed by atoms with Gasteiger partial charge in [-0.25, -0.2) is 12.7 Å². The first-order valence-corrected chi connectivity index (χ1v) is 13.7. The summed E-state index contributed by atoms with van der Waals surface area (Å²) in [7, 11) is -1.07. The molecule has 0 bridgehead atoms. The third kappa shape index (κ3) is 4.74. The summed E-state index contributed by atoms with van der Waals surface area (Å²) in [5, 5.41) is 0. The maximum Gasteiger partial charge on any atom is 0.128 e. The van der Waals surface area contributed by atoms with E-state index in [9.17, 15) is 8.42 Å². The van der Waals surface area contributed by atoms with Crippen LogP contribution in [0.15, 0.2) is 112 Å². The van der Waals surface area contributed by atoms with Crippen molar-refractivity contribution in [3.8, 4) is 5.75 Å². The fourth-order valence-electron chi connectivity index (χ4n) is 4.31. The topological polar surface area (TPSA) is 46.4 Å². The first kappa shape index (κ1) is 23.7. The van der Waals surface area contributed by atoms with Crippen LogP contribution in [0.3, 0.4) is 0 Å². The summed E-state index contributed by atoms with van der Waals surface area (Å²) in [5.41, 5.74) is 4.24. The second kappa shape index (κ2) is 9.90. The second-order valence-electron chi connectivity index (χ2n) is 8.70. The van der Waals surface area contributed by atoms with Crippen molar-refractivity contribution in [3.63, 3.8) is 0 Å². The molecule has 178 valence electrons. The molecule has 0 N–H and O–H groups in total. The number of methoxy groups -OCH3 is 1. The van der Waals surface area contributed by atoms with Crippen LogP contribution in [0.5, 0.6) is 5.75 Å². The lowest BCUT2D eigenvalue weighted by molar-refractivity contribution is 0.414. The van der Waals surface area contributed by atoms with Crippen molar-refractivity contribution in [1.82, 2.24) is 4.31 Å². The van der Waals surface area contributed by atoms with Crippen molar-refractivity contribution in [2.24, 2.45) is 0 Å². The van der Waals surface area contributed by atoms with Crippen LogP contribution >= 0.6 is 0 Å². The number of nitrogens with zero attached hydrogens (tertiary/aromatic N) is 1. The van der Waals surface area contributed by atoms with Gasteiger partial charge in [0.2, 0.25) is 0 Å². The van der Waals surface area contributed by atoms with Gasteiger partial charge >= 0.3 is 0 Å². The minimum atomic E-state index is -1.37. The summed E-state index contributed by atoms with van der Waals surface area (Å²) in [4.78, 5) is 2.27. The highest BCUT2D eigenvalue weighted by Crippen LogP contribution is 2.58. The van der Waals surface area contributed by atoms with E-state index in [0.29, 0.717) is 0 Å². The van der Waals surface area contributed by atoms with Crippen LogP contribution in [0.25, 0.3) is 0 Å². The van der Waals surface area contributed by atoms with Crippen LogP contribution < -0.4 is 4.74 Å². The minimum Gasteiger partial charge on any atom is -0.497 e. The molecule has 6 heteroatoms. The predicted octanol–water partition coefficient (Wildman–Crippen LogP) is 6.30. The number of benzene rings is 4. The molecular weight excluding hydrogens is 474 g/mol. The predicted molar refractivity (Wildman–Crippen MR) is 140 cm³/mol. The molecule has 1 fully saturated rings. The van der Waals surface area contributed by atoms with Crippen molar-refractivity contribution in [1.29, 1.82) is 0 Å². The molecule has 1 heterocycles. The lowest BCUT2D eigenvalue weighted by Gasteiger charge is -2.10. The van der Waals surface area contributed by atoms with Gasteiger partial charge in [0.15, 0.2) is 0 Å². The molecule has 5 atom stereocenters. The largest absolute Gasteiger partial charge is 0.497 e. The Hall–Kier alpha value is -3.06. The van der Waals surface area contributed by atoms with Crippen molar-refractivity contribution in [3.05, 3.63) is 119 Å². The molecule has 3 unspecified atom stereocenters. The zero-order valence-corrected chi connectivity index (χ0v) is 21.5.